The summed E-state index contributed by atoms with van der Waals surface area (Å²) in [4.78, 5) is 0. The van der Waals surface area contributed by atoms with Gasteiger partial charge in [-0.1, -0.05) is 139 Å². The molecule has 9 rings (SSSR count). The summed E-state index contributed by atoms with van der Waals surface area (Å²) >= 11 is 0. The Hall–Kier alpha value is -5.66. The normalized spacial score (nSPS) is 18.9. The highest BCUT2D eigenvalue weighted by molar-refractivity contribution is 6.25. The van der Waals surface area contributed by atoms with Gasteiger partial charge in [0.05, 0.1) is 30.2 Å². The first-order valence-electron chi connectivity index (χ1n) is 24.0. The topological polar surface area (TPSA) is 13.1 Å². The van der Waals surface area contributed by atoms with Crippen molar-refractivity contribution in [1.82, 2.24) is 0 Å². The minimum atomic E-state index is -0.849. The van der Waals surface area contributed by atoms with E-state index < -0.39 is 166 Å². The standard InChI is InChI=1S/C42H26O/c1-2-11-30-26-31(25-22-27(30)10-1)28-20-23-29(24-21-28)40-32-12-3-5-14-34(32)41(35-15-6-4-13-33(35)40)37-17-9-19-39-42(37)36-16-7-8-18-38(36)43-39/h1-26H/i1D,2D,3D,4D,5D,6D,7D,8D,9D,10D,11D,16D,17D,18D,19D,20D,21D,22D,23D,24D,25D,26D. The number of rotatable bonds is 3. The van der Waals surface area contributed by atoms with E-state index in [0.717, 1.165) is 0 Å². The lowest BCUT2D eigenvalue weighted by atomic mass is 9.84. The molecular weight excluding hydrogens is 520 g/mol. The van der Waals surface area contributed by atoms with Crippen LogP contribution in [0.15, 0.2) is 162 Å². The van der Waals surface area contributed by atoms with E-state index in [1.807, 2.05) is 0 Å². The van der Waals surface area contributed by atoms with E-state index in [-0.39, 0.29) is 54.6 Å². The van der Waals surface area contributed by atoms with Gasteiger partial charge in [0.15, 0.2) is 0 Å². The molecule has 0 saturated carbocycles. The molecule has 8 aromatic carbocycles. The quantitative estimate of drug-likeness (QED) is 0.193. The molecule has 0 aliphatic carbocycles. The Labute approximate surface area is 280 Å². The van der Waals surface area contributed by atoms with Gasteiger partial charge < -0.3 is 4.42 Å². The molecule has 0 spiro atoms. The maximum absolute atomic E-state index is 9.45. The number of para-hydroxylation sites is 1. The summed E-state index contributed by atoms with van der Waals surface area (Å²) in [5.74, 6) is 0. The van der Waals surface area contributed by atoms with Crippen molar-refractivity contribution in [3.05, 3.63) is 157 Å². The second-order valence-corrected chi connectivity index (χ2v) is 9.57. The Kier molecular flexibility index (Phi) is 2.39. The van der Waals surface area contributed by atoms with Crippen LogP contribution in [0.2, 0.25) is 0 Å². The largest absolute Gasteiger partial charge is 0.456 e. The summed E-state index contributed by atoms with van der Waals surface area (Å²) in [6.45, 7) is 0. The molecule has 0 amide bonds. The van der Waals surface area contributed by atoms with Crippen molar-refractivity contribution in [3.8, 4) is 33.4 Å². The van der Waals surface area contributed by atoms with Crippen LogP contribution < -0.4 is 0 Å². The maximum atomic E-state index is 9.45. The van der Waals surface area contributed by atoms with Crippen LogP contribution in [-0.2, 0) is 0 Å². The molecule has 1 nitrogen and oxygen atoms in total. The molecule has 1 aromatic heterocycles. The fraction of sp³-hybridized carbons (Fsp3) is 0. The van der Waals surface area contributed by atoms with Gasteiger partial charge in [-0.15, -0.1) is 0 Å². The van der Waals surface area contributed by atoms with E-state index in [4.69, 9.17) is 27.7 Å². The van der Waals surface area contributed by atoms with Crippen molar-refractivity contribution in [1.29, 1.82) is 0 Å². The summed E-state index contributed by atoms with van der Waals surface area (Å²) in [6.07, 6.45) is 0. The lowest BCUT2D eigenvalue weighted by Gasteiger charge is -2.18. The lowest BCUT2D eigenvalue weighted by molar-refractivity contribution is 0.669. The lowest BCUT2D eigenvalue weighted by Crippen LogP contribution is -1.91. The Morgan fingerprint density at radius 2 is 0.977 bits per heavy atom. The second-order valence-electron chi connectivity index (χ2n) is 9.57. The van der Waals surface area contributed by atoms with Crippen molar-refractivity contribution in [3.63, 3.8) is 0 Å². The van der Waals surface area contributed by atoms with Crippen LogP contribution >= 0.6 is 0 Å². The van der Waals surface area contributed by atoms with Crippen LogP contribution in [0.1, 0.15) is 30.2 Å². The van der Waals surface area contributed by atoms with Gasteiger partial charge in [0, 0.05) is 10.8 Å². The van der Waals surface area contributed by atoms with Crippen molar-refractivity contribution in [2.45, 2.75) is 0 Å². The van der Waals surface area contributed by atoms with Crippen LogP contribution in [0.3, 0.4) is 0 Å². The van der Waals surface area contributed by atoms with Gasteiger partial charge in [0.2, 0.25) is 0 Å². The van der Waals surface area contributed by atoms with Crippen LogP contribution in [0.5, 0.6) is 0 Å². The number of hydrogen-bond acceptors (Lipinski definition) is 1. The van der Waals surface area contributed by atoms with Crippen LogP contribution in [0.4, 0.5) is 0 Å². The minimum Gasteiger partial charge on any atom is -0.456 e. The third kappa shape index (κ3) is 3.72. The monoisotopic (exact) mass is 568 g/mol. The zero-order chi connectivity index (χ0) is 47.5. The fourth-order valence-electron chi connectivity index (χ4n) is 5.44. The van der Waals surface area contributed by atoms with Crippen molar-refractivity contribution in [2.75, 3.05) is 0 Å². The molecule has 0 fully saturated rings. The summed E-state index contributed by atoms with van der Waals surface area (Å²) in [7, 11) is 0. The van der Waals surface area contributed by atoms with E-state index in [9.17, 15) is 6.85 Å². The Morgan fingerprint density at radius 1 is 0.395 bits per heavy atom. The highest BCUT2D eigenvalue weighted by Crippen LogP contribution is 2.46. The molecule has 0 bridgehead atoms. The van der Waals surface area contributed by atoms with Crippen molar-refractivity contribution < 1.29 is 34.6 Å². The minimum absolute atomic E-state index is 0.0434. The Bertz CT molecular complexity index is 3640. The molecule has 1 heterocycles. The van der Waals surface area contributed by atoms with Gasteiger partial charge in [0.1, 0.15) is 11.2 Å². The number of fused-ring (bicyclic) bond motifs is 6. The molecule has 0 unspecified atom stereocenters. The third-order valence-corrected chi connectivity index (χ3v) is 7.26. The molecule has 200 valence electrons. The number of hydrogen-bond donors (Lipinski definition) is 0. The molecule has 1 heteroatoms. The first kappa shape index (κ1) is 10.9. The van der Waals surface area contributed by atoms with Crippen LogP contribution in [-0.4, -0.2) is 0 Å². The van der Waals surface area contributed by atoms with Crippen molar-refractivity contribution >= 4 is 54.3 Å². The number of benzene rings is 8. The smallest absolute Gasteiger partial charge is 0.136 e. The first-order valence-corrected chi connectivity index (χ1v) is 13.0. The zero-order valence-electron chi connectivity index (χ0n) is 43.7. The maximum Gasteiger partial charge on any atom is 0.136 e. The summed E-state index contributed by atoms with van der Waals surface area (Å²) in [5.41, 5.74) is -3.00. The van der Waals surface area contributed by atoms with Crippen molar-refractivity contribution in [2.24, 2.45) is 0 Å². The SMILES string of the molecule is [2H]c1cc2c(-c3c([2H])c([2H])c(-c4c([2H])c([2H])c5c([2H])c([2H])c([2H])c([2H])c5c4[2H])c([2H])c3[2H])c3cc([2H])c([2H])cc3c(-c3c([2H])c([2H])c([2H])c4oc5c([2H])c([2H])c([2H])c([2H])c5c34)c2cc1[2H]. The predicted octanol–water partition coefficient (Wildman–Crippen LogP) is 12.0. The Balaban J connectivity index is 1.48. The second kappa shape index (κ2) is 9.44. The average molecular weight is 569 g/mol. The molecule has 0 saturated heterocycles. The molecule has 0 radical (unpaired) electrons. The predicted molar refractivity (Wildman–Crippen MR) is 183 cm³/mol. The van der Waals surface area contributed by atoms with E-state index in [0.29, 0.717) is 0 Å². The highest BCUT2D eigenvalue weighted by atomic mass is 16.3. The van der Waals surface area contributed by atoms with Gasteiger partial charge in [-0.25, -0.2) is 0 Å². The van der Waals surface area contributed by atoms with Gasteiger partial charge >= 0.3 is 0 Å². The molecular formula is C42H26O. The average Bonchev–Trinajstić information content (AvgIpc) is 3.67. The molecule has 0 atom stereocenters. The zero-order valence-corrected chi connectivity index (χ0v) is 21.7. The van der Waals surface area contributed by atoms with E-state index in [1.165, 1.54) is 24.3 Å². The van der Waals surface area contributed by atoms with Crippen LogP contribution in [0, 0.1) is 0 Å². The van der Waals surface area contributed by atoms with Gasteiger partial charge in [-0.05, 0) is 83.8 Å². The fourth-order valence-corrected chi connectivity index (χ4v) is 5.44. The summed E-state index contributed by atoms with van der Waals surface area (Å²) < 4.78 is 199. The van der Waals surface area contributed by atoms with Gasteiger partial charge in [0.25, 0.3) is 0 Å². The first-order chi connectivity index (χ1) is 30.5. The molecule has 43 heavy (non-hydrogen) atoms. The van der Waals surface area contributed by atoms with Gasteiger partial charge in [-0.2, -0.15) is 0 Å². The molecule has 9 aromatic rings. The van der Waals surface area contributed by atoms with Crippen LogP contribution in [0.25, 0.3) is 87.6 Å². The molecule has 0 N–H and O–H groups in total. The van der Waals surface area contributed by atoms with E-state index in [1.54, 1.807) is 0 Å². The van der Waals surface area contributed by atoms with Gasteiger partial charge in [-0.3, -0.25) is 0 Å². The highest BCUT2D eigenvalue weighted by Gasteiger charge is 2.20. The number of furan rings is 1. The van der Waals surface area contributed by atoms with E-state index >= 15 is 0 Å². The summed E-state index contributed by atoms with van der Waals surface area (Å²) in [5, 5.41) is -1.61. The summed E-state index contributed by atoms with van der Waals surface area (Å²) in [6, 6.07) is -9.95. The third-order valence-electron chi connectivity index (χ3n) is 7.26. The van der Waals surface area contributed by atoms with E-state index in [2.05, 4.69) is 0 Å². The Morgan fingerprint density at radius 3 is 1.72 bits per heavy atom. The molecule has 0 aliphatic heterocycles. The molecule has 0 aliphatic rings.